The minimum Gasteiger partial charge on any atom is -0.488 e. The Bertz CT molecular complexity index is 888. The van der Waals surface area contributed by atoms with Gasteiger partial charge in [-0.2, -0.15) is 0 Å². The van der Waals surface area contributed by atoms with Gasteiger partial charge in [-0.15, -0.1) is 11.3 Å². The number of esters is 1. The lowest BCUT2D eigenvalue weighted by atomic mass is 10.1. The first kappa shape index (κ1) is 17.9. The molecule has 0 fully saturated rings. The molecule has 0 saturated heterocycles. The van der Waals surface area contributed by atoms with Crippen LogP contribution in [0.2, 0.25) is 0 Å². The molecule has 3 aromatic rings. The molecule has 0 aliphatic carbocycles. The number of nitrogens with zero attached hydrogens (tertiary/aromatic N) is 1. The van der Waals surface area contributed by atoms with Gasteiger partial charge in [0.2, 0.25) is 0 Å². The first-order valence-corrected chi connectivity index (χ1v) is 9.14. The monoisotopic (exact) mass is 368 g/mol. The molecule has 0 aliphatic rings. The summed E-state index contributed by atoms with van der Waals surface area (Å²) in [6, 6.07) is 14.9. The van der Waals surface area contributed by atoms with Crippen molar-refractivity contribution in [3.05, 3.63) is 65.0 Å². The Labute approximate surface area is 156 Å². The fourth-order valence-electron chi connectivity index (χ4n) is 2.40. The highest BCUT2D eigenvalue weighted by atomic mass is 32.1. The number of hydrogen-bond donors (Lipinski definition) is 1. The average Bonchev–Trinajstić information content (AvgIpc) is 3.06. The third kappa shape index (κ3) is 4.40. The maximum atomic E-state index is 11.9. The molecule has 0 saturated carbocycles. The number of carbonyl (C=O) groups excluding carboxylic acids is 1. The highest BCUT2D eigenvalue weighted by Gasteiger charge is 2.11. The van der Waals surface area contributed by atoms with Crippen LogP contribution in [0.5, 0.6) is 5.75 Å². The minimum absolute atomic E-state index is 0.137. The molecule has 3 rings (SSSR count). The van der Waals surface area contributed by atoms with E-state index in [9.17, 15) is 4.79 Å². The zero-order chi connectivity index (χ0) is 18.5. The summed E-state index contributed by atoms with van der Waals surface area (Å²) >= 11 is 1.40. The number of benzene rings is 2. The molecular weight excluding hydrogens is 348 g/mol. The Balaban J connectivity index is 1.69. The minimum atomic E-state index is -0.320. The average molecular weight is 368 g/mol. The van der Waals surface area contributed by atoms with E-state index in [0.29, 0.717) is 17.3 Å². The summed E-state index contributed by atoms with van der Waals surface area (Å²) < 4.78 is 11.1. The summed E-state index contributed by atoms with van der Waals surface area (Å²) in [5.41, 5.74) is 8.92. The summed E-state index contributed by atoms with van der Waals surface area (Å²) in [4.78, 5) is 16.2. The predicted molar refractivity (Wildman–Crippen MR) is 103 cm³/mol. The van der Waals surface area contributed by atoms with Gasteiger partial charge in [0.1, 0.15) is 12.4 Å². The predicted octanol–water partition coefficient (Wildman–Crippen LogP) is 4.54. The van der Waals surface area contributed by atoms with Gasteiger partial charge in [-0.05, 0) is 43.7 Å². The second-order valence-corrected chi connectivity index (χ2v) is 6.90. The maximum absolute atomic E-state index is 11.9. The molecule has 0 bridgehead atoms. The van der Waals surface area contributed by atoms with E-state index in [-0.39, 0.29) is 12.1 Å². The number of nitrogen functional groups attached to an aromatic ring is 1. The van der Waals surface area contributed by atoms with Crippen molar-refractivity contribution in [3.8, 4) is 17.0 Å². The van der Waals surface area contributed by atoms with Gasteiger partial charge in [-0.1, -0.05) is 24.3 Å². The van der Waals surface area contributed by atoms with Crippen molar-refractivity contribution in [2.75, 3.05) is 5.73 Å². The van der Waals surface area contributed by atoms with Crippen LogP contribution in [-0.2, 0) is 11.3 Å². The van der Waals surface area contributed by atoms with Gasteiger partial charge in [-0.3, -0.25) is 0 Å². The molecule has 2 N–H and O–H groups in total. The number of thiazole rings is 1. The third-order valence-electron chi connectivity index (χ3n) is 3.61. The molecule has 0 aliphatic heterocycles. The number of nitrogens with two attached hydrogens (primary N) is 1. The van der Waals surface area contributed by atoms with Crippen LogP contribution >= 0.6 is 11.3 Å². The lowest BCUT2D eigenvalue weighted by Crippen LogP contribution is -2.11. The number of anilines is 1. The first-order chi connectivity index (χ1) is 12.5. The van der Waals surface area contributed by atoms with Crippen LogP contribution in [0.3, 0.4) is 0 Å². The van der Waals surface area contributed by atoms with Crippen LogP contribution in [0.25, 0.3) is 11.3 Å². The maximum Gasteiger partial charge on any atom is 0.338 e. The van der Waals surface area contributed by atoms with Gasteiger partial charge in [0.15, 0.2) is 5.13 Å². The van der Waals surface area contributed by atoms with Gasteiger partial charge in [-0.25, -0.2) is 9.78 Å². The smallest absolute Gasteiger partial charge is 0.338 e. The molecule has 1 aromatic heterocycles. The second kappa shape index (κ2) is 8.01. The van der Waals surface area contributed by atoms with E-state index in [4.69, 9.17) is 15.2 Å². The molecule has 2 aromatic carbocycles. The van der Waals surface area contributed by atoms with E-state index >= 15 is 0 Å². The fourth-order valence-corrected chi connectivity index (χ4v) is 2.96. The Morgan fingerprint density at radius 3 is 2.54 bits per heavy atom. The molecule has 6 heteroatoms. The number of rotatable bonds is 6. The molecular formula is C20H20N2O3S. The van der Waals surface area contributed by atoms with Gasteiger partial charge in [0.05, 0.1) is 17.4 Å². The summed E-state index contributed by atoms with van der Waals surface area (Å²) in [5.74, 6) is 0.417. The number of aromatic nitrogens is 1. The van der Waals surface area contributed by atoms with Crippen molar-refractivity contribution in [1.29, 1.82) is 0 Å². The van der Waals surface area contributed by atoms with E-state index in [1.807, 2.05) is 55.6 Å². The molecule has 0 amide bonds. The van der Waals surface area contributed by atoms with Gasteiger partial charge in [0.25, 0.3) is 0 Å². The van der Waals surface area contributed by atoms with Gasteiger partial charge >= 0.3 is 5.97 Å². The number of hydrogen-bond acceptors (Lipinski definition) is 6. The van der Waals surface area contributed by atoms with Crippen LogP contribution in [0, 0.1) is 0 Å². The SMILES string of the molecule is CC(C)OC(=O)c1ccc(COc2ccccc2-c2csc(N)n2)cc1. The van der Waals surface area contributed by atoms with E-state index in [0.717, 1.165) is 22.6 Å². The quantitative estimate of drug-likeness (QED) is 0.647. The normalized spacial score (nSPS) is 10.7. The molecule has 0 atom stereocenters. The van der Waals surface area contributed by atoms with Crippen molar-refractivity contribution in [2.45, 2.75) is 26.6 Å². The molecule has 26 heavy (non-hydrogen) atoms. The number of carbonyl (C=O) groups is 1. The Morgan fingerprint density at radius 2 is 1.88 bits per heavy atom. The Kier molecular flexibility index (Phi) is 5.53. The van der Waals surface area contributed by atoms with Crippen molar-refractivity contribution in [3.63, 3.8) is 0 Å². The zero-order valence-electron chi connectivity index (χ0n) is 14.6. The van der Waals surface area contributed by atoms with Crippen molar-refractivity contribution in [1.82, 2.24) is 4.98 Å². The Morgan fingerprint density at radius 1 is 1.15 bits per heavy atom. The van der Waals surface area contributed by atoms with Crippen LogP contribution in [0.4, 0.5) is 5.13 Å². The van der Waals surface area contributed by atoms with Gasteiger partial charge < -0.3 is 15.2 Å². The lowest BCUT2D eigenvalue weighted by molar-refractivity contribution is 0.0378. The van der Waals surface area contributed by atoms with Crippen molar-refractivity contribution in [2.24, 2.45) is 0 Å². The van der Waals surface area contributed by atoms with Crippen LogP contribution in [-0.4, -0.2) is 17.1 Å². The molecule has 5 nitrogen and oxygen atoms in total. The number of para-hydroxylation sites is 1. The molecule has 0 spiro atoms. The third-order valence-corrected chi connectivity index (χ3v) is 4.29. The summed E-state index contributed by atoms with van der Waals surface area (Å²) in [5, 5.41) is 2.44. The fraction of sp³-hybridized carbons (Fsp3) is 0.200. The zero-order valence-corrected chi connectivity index (χ0v) is 15.5. The first-order valence-electron chi connectivity index (χ1n) is 8.26. The Hall–Kier alpha value is -2.86. The van der Waals surface area contributed by atoms with Crippen molar-refractivity contribution >= 4 is 22.4 Å². The summed E-state index contributed by atoms with van der Waals surface area (Å²) in [6.45, 7) is 4.04. The summed E-state index contributed by atoms with van der Waals surface area (Å²) in [7, 11) is 0. The van der Waals surface area contributed by atoms with Gasteiger partial charge in [0, 0.05) is 10.9 Å². The van der Waals surface area contributed by atoms with E-state index in [2.05, 4.69) is 4.98 Å². The second-order valence-electron chi connectivity index (χ2n) is 6.01. The van der Waals surface area contributed by atoms with Crippen LogP contribution in [0.1, 0.15) is 29.8 Å². The molecule has 0 unspecified atom stereocenters. The topological polar surface area (TPSA) is 74.4 Å². The highest BCUT2D eigenvalue weighted by Crippen LogP contribution is 2.31. The lowest BCUT2D eigenvalue weighted by Gasteiger charge is -2.11. The van der Waals surface area contributed by atoms with Crippen LogP contribution < -0.4 is 10.5 Å². The molecule has 134 valence electrons. The van der Waals surface area contributed by atoms with E-state index in [1.165, 1.54) is 11.3 Å². The van der Waals surface area contributed by atoms with Crippen molar-refractivity contribution < 1.29 is 14.3 Å². The largest absolute Gasteiger partial charge is 0.488 e. The standard InChI is InChI=1S/C20H20N2O3S/c1-13(2)25-19(23)15-9-7-14(8-10-15)11-24-18-6-4-3-5-16(18)17-12-26-20(21)22-17/h3-10,12-13H,11H2,1-2H3,(H2,21,22). The van der Waals surface area contributed by atoms with E-state index < -0.39 is 0 Å². The molecule has 0 radical (unpaired) electrons. The van der Waals surface area contributed by atoms with E-state index in [1.54, 1.807) is 12.1 Å². The number of ether oxygens (including phenoxy) is 2. The van der Waals surface area contributed by atoms with Crippen LogP contribution in [0.15, 0.2) is 53.9 Å². The summed E-state index contributed by atoms with van der Waals surface area (Å²) in [6.07, 6.45) is -0.137. The molecule has 1 heterocycles. The highest BCUT2D eigenvalue weighted by molar-refractivity contribution is 7.13.